The lowest BCUT2D eigenvalue weighted by Crippen LogP contribution is -2.37. The Labute approximate surface area is 71.9 Å². The second-order valence-electron chi connectivity index (χ2n) is 1.70. The molecule has 0 aliphatic heterocycles. The average Bonchev–Trinajstić information content (AvgIpc) is 1.80. The van der Waals surface area contributed by atoms with Gasteiger partial charge < -0.3 is 10.8 Å². The Kier molecular flexibility index (Phi) is 6.05. The third kappa shape index (κ3) is 7.58. The third-order valence-electron chi connectivity index (χ3n) is 0.744. The predicted octanol–water partition coefficient (Wildman–Crippen LogP) is 0.357. The van der Waals surface area contributed by atoms with E-state index in [0.29, 0.717) is 0 Å². The van der Waals surface area contributed by atoms with E-state index in [1.165, 1.54) is 0 Å². The summed E-state index contributed by atoms with van der Waals surface area (Å²) in [5, 5.41) is 8.01. The normalized spacial score (nSPS) is 13.3. The van der Waals surface area contributed by atoms with Crippen LogP contribution in [0.3, 0.4) is 0 Å². The van der Waals surface area contributed by atoms with Gasteiger partial charge in [-0.15, -0.1) is 25.6 Å². The van der Waals surface area contributed by atoms with E-state index < -0.39 is 25.0 Å². The molecule has 0 bridgehead atoms. The molecule has 0 aliphatic carbocycles. The van der Waals surface area contributed by atoms with Crippen LogP contribution < -0.4 is 5.73 Å². The molecule has 0 spiro atoms. The first-order valence-electron chi connectivity index (χ1n) is 2.52. The lowest BCUT2D eigenvalue weighted by Gasteiger charge is -2.09. The number of hydrogen-bond donors (Lipinski definition) is 2. The minimum absolute atomic E-state index is 0. The van der Waals surface area contributed by atoms with Crippen LogP contribution in [-0.4, -0.2) is 30.1 Å². The van der Waals surface area contributed by atoms with Crippen LogP contribution in [0, 0.1) is 0 Å². The zero-order valence-corrected chi connectivity index (χ0v) is 6.48. The van der Waals surface area contributed by atoms with E-state index in [-0.39, 0.29) is 12.4 Å². The molecule has 4 nitrogen and oxygen atoms in total. The smallest absolute Gasteiger partial charge is 0.480 e. The summed E-state index contributed by atoms with van der Waals surface area (Å²) in [5.41, 5.74) is 4.70. The molecule has 0 saturated heterocycles. The van der Waals surface area contributed by atoms with Crippen LogP contribution >= 0.6 is 12.4 Å². The molecule has 0 fully saturated rings. The number of carbonyl (C=O) groups is 1. The summed E-state index contributed by atoms with van der Waals surface area (Å²) in [7, 11) is 0. The van der Waals surface area contributed by atoms with Crippen LogP contribution in [-0.2, 0) is 9.53 Å². The molecule has 74 valence electrons. The highest BCUT2D eigenvalue weighted by Gasteiger charge is 2.30. The van der Waals surface area contributed by atoms with E-state index >= 15 is 0 Å². The van der Waals surface area contributed by atoms with Gasteiger partial charge >= 0.3 is 12.3 Å². The summed E-state index contributed by atoms with van der Waals surface area (Å²) in [6.45, 7) is -1.07. The fourth-order valence-corrected chi connectivity index (χ4v) is 0.256. The number of carboxylic acid groups (broad SMARTS) is 1. The van der Waals surface area contributed by atoms with Crippen LogP contribution in [0.5, 0.6) is 0 Å². The molecule has 1 atom stereocenters. The molecule has 0 aliphatic rings. The van der Waals surface area contributed by atoms with E-state index in [1.54, 1.807) is 0 Å². The summed E-state index contributed by atoms with van der Waals surface area (Å²) >= 11 is 0. The maximum absolute atomic E-state index is 11.2. The highest BCUT2D eigenvalue weighted by Crippen LogP contribution is 2.15. The number of hydrogen-bond acceptors (Lipinski definition) is 3. The van der Waals surface area contributed by atoms with Gasteiger partial charge in [0.1, 0.15) is 6.04 Å². The van der Waals surface area contributed by atoms with Gasteiger partial charge in [-0.25, -0.2) is 0 Å². The first kappa shape index (κ1) is 14.0. The monoisotopic (exact) mass is 209 g/mol. The van der Waals surface area contributed by atoms with Gasteiger partial charge in [0.05, 0.1) is 6.61 Å². The molecule has 0 aromatic carbocycles. The van der Waals surface area contributed by atoms with Crippen LogP contribution in [0.1, 0.15) is 0 Å². The first-order valence-corrected chi connectivity index (χ1v) is 2.52. The van der Waals surface area contributed by atoms with Gasteiger partial charge in [0.15, 0.2) is 0 Å². The maximum atomic E-state index is 11.2. The summed E-state index contributed by atoms with van der Waals surface area (Å²) in [4.78, 5) is 9.84. The quantitative estimate of drug-likeness (QED) is 0.704. The van der Waals surface area contributed by atoms with Gasteiger partial charge in [0.25, 0.3) is 0 Å². The standard InChI is InChI=1S/C4H6F3NO3.ClH/c5-4(6,7)11-1-2(8)3(9)10;/h2H,1,8H2,(H,9,10);1H/t2-;/m0./s1. The Balaban J connectivity index is 0. The van der Waals surface area contributed by atoms with Crippen molar-refractivity contribution in [3.8, 4) is 0 Å². The predicted molar refractivity (Wildman–Crippen MR) is 34.9 cm³/mol. The molecular weight excluding hydrogens is 202 g/mol. The molecule has 12 heavy (non-hydrogen) atoms. The molecule has 0 rings (SSSR count). The zero-order valence-electron chi connectivity index (χ0n) is 5.67. The SMILES string of the molecule is Cl.N[C@@H](COC(F)(F)F)C(=O)O. The van der Waals surface area contributed by atoms with Crippen molar-refractivity contribution in [3.05, 3.63) is 0 Å². The minimum atomic E-state index is -4.83. The Morgan fingerprint density at radius 3 is 2.25 bits per heavy atom. The zero-order chi connectivity index (χ0) is 9.07. The molecule has 0 unspecified atom stereocenters. The van der Waals surface area contributed by atoms with Crippen molar-refractivity contribution in [1.29, 1.82) is 0 Å². The van der Waals surface area contributed by atoms with Crippen molar-refractivity contribution in [2.75, 3.05) is 6.61 Å². The molecule has 8 heteroatoms. The fraction of sp³-hybridized carbons (Fsp3) is 0.750. The fourth-order valence-electron chi connectivity index (χ4n) is 0.256. The highest BCUT2D eigenvalue weighted by molar-refractivity contribution is 5.85. The Morgan fingerprint density at radius 1 is 1.58 bits per heavy atom. The Hall–Kier alpha value is -0.530. The molecule has 0 aromatic rings. The highest BCUT2D eigenvalue weighted by atomic mass is 35.5. The second-order valence-corrected chi connectivity index (χ2v) is 1.70. The number of halogens is 4. The van der Waals surface area contributed by atoms with Gasteiger partial charge in [0, 0.05) is 0 Å². The van der Waals surface area contributed by atoms with E-state index in [9.17, 15) is 18.0 Å². The largest absolute Gasteiger partial charge is 0.522 e. The van der Waals surface area contributed by atoms with Gasteiger partial charge in [-0.2, -0.15) is 0 Å². The number of rotatable bonds is 3. The molecule has 0 amide bonds. The lowest BCUT2D eigenvalue weighted by molar-refractivity contribution is -0.325. The molecule has 0 aromatic heterocycles. The van der Waals surface area contributed by atoms with E-state index in [1.807, 2.05) is 0 Å². The Bertz CT molecular complexity index is 151. The van der Waals surface area contributed by atoms with Crippen LogP contribution in [0.2, 0.25) is 0 Å². The lowest BCUT2D eigenvalue weighted by atomic mass is 10.3. The van der Waals surface area contributed by atoms with Crippen LogP contribution in [0.4, 0.5) is 13.2 Å². The summed E-state index contributed by atoms with van der Waals surface area (Å²) in [6.07, 6.45) is -4.83. The van der Waals surface area contributed by atoms with Gasteiger partial charge in [-0.1, -0.05) is 0 Å². The Morgan fingerprint density at radius 2 is 2.00 bits per heavy atom. The summed E-state index contributed by atoms with van der Waals surface area (Å²) < 4.78 is 36.8. The van der Waals surface area contributed by atoms with Crippen molar-refractivity contribution >= 4 is 18.4 Å². The van der Waals surface area contributed by atoms with Crippen LogP contribution in [0.15, 0.2) is 0 Å². The van der Waals surface area contributed by atoms with Crippen molar-refractivity contribution in [2.24, 2.45) is 5.73 Å². The van der Waals surface area contributed by atoms with E-state index in [4.69, 9.17) is 10.8 Å². The van der Waals surface area contributed by atoms with E-state index in [0.717, 1.165) is 0 Å². The molecular formula is C4H7ClF3NO3. The van der Waals surface area contributed by atoms with Crippen molar-refractivity contribution < 1.29 is 27.8 Å². The van der Waals surface area contributed by atoms with Crippen molar-refractivity contribution in [3.63, 3.8) is 0 Å². The number of nitrogens with two attached hydrogens (primary N) is 1. The number of ether oxygens (including phenoxy) is 1. The molecule has 3 N–H and O–H groups in total. The topological polar surface area (TPSA) is 72.5 Å². The number of alkyl halides is 3. The first-order chi connectivity index (χ1) is 4.83. The summed E-state index contributed by atoms with van der Waals surface area (Å²) in [6, 6.07) is -1.64. The minimum Gasteiger partial charge on any atom is -0.480 e. The number of aliphatic carboxylic acids is 1. The molecule has 0 saturated carbocycles. The summed E-state index contributed by atoms with van der Waals surface area (Å²) in [5.74, 6) is -1.53. The molecule has 0 heterocycles. The van der Waals surface area contributed by atoms with Crippen molar-refractivity contribution in [2.45, 2.75) is 12.4 Å². The maximum Gasteiger partial charge on any atom is 0.522 e. The van der Waals surface area contributed by atoms with Crippen molar-refractivity contribution in [1.82, 2.24) is 0 Å². The van der Waals surface area contributed by atoms with E-state index in [2.05, 4.69) is 4.74 Å². The molecule has 0 radical (unpaired) electrons. The van der Waals surface area contributed by atoms with Gasteiger partial charge in [-0.3, -0.25) is 9.53 Å². The number of carboxylic acids is 1. The average molecular weight is 210 g/mol. The second kappa shape index (κ2) is 5.18. The van der Waals surface area contributed by atoms with Crippen LogP contribution in [0.25, 0.3) is 0 Å². The third-order valence-corrected chi connectivity index (χ3v) is 0.744. The van der Waals surface area contributed by atoms with Gasteiger partial charge in [0.2, 0.25) is 0 Å². The van der Waals surface area contributed by atoms with Gasteiger partial charge in [-0.05, 0) is 0 Å².